The number of carbonyl (C=O) groups excluding carboxylic acids is 1. The number of carboxylic acid groups (broad SMARTS) is 1. The van der Waals surface area contributed by atoms with Gasteiger partial charge >= 0.3 is 5.97 Å². The Balaban J connectivity index is 3.44. The summed E-state index contributed by atoms with van der Waals surface area (Å²) in [5, 5.41) is 11.1. The molecule has 1 amide bonds. The first-order valence-electron chi connectivity index (χ1n) is 5.34. The van der Waals surface area contributed by atoms with Crippen LogP contribution < -0.4 is 11.1 Å². The molecule has 0 aromatic heterocycles. The molecule has 0 heterocycles. The highest BCUT2D eigenvalue weighted by molar-refractivity contribution is 5.80. The molecule has 0 bridgehead atoms. The zero-order chi connectivity index (χ0) is 12.4. The molecule has 0 aliphatic heterocycles. The maximum atomic E-state index is 11.3. The van der Waals surface area contributed by atoms with Gasteiger partial charge in [-0.1, -0.05) is 6.42 Å². The zero-order valence-corrected chi connectivity index (χ0v) is 9.57. The maximum absolute atomic E-state index is 11.3. The molecule has 6 nitrogen and oxygen atoms in total. The Bertz CT molecular complexity index is 217. The fraction of sp³-hybridized carbons (Fsp3) is 0.800. The van der Waals surface area contributed by atoms with Crippen molar-refractivity contribution in [1.29, 1.82) is 0 Å². The molecule has 1 atom stereocenters. The quantitative estimate of drug-likeness (QED) is 0.475. The van der Waals surface area contributed by atoms with Crippen LogP contribution in [-0.2, 0) is 14.3 Å². The van der Waals surface area contributed by atoms with E-state index in [1.54, 1.807) is 0 Å². The van der Waals surface area contributed by atoms with Crippen LogP contribution in [0.4, 0.5) is 0 Å². The van der Waals surface area contributed by atoms with Crippen molar-refractivity contribution in [2.75, 3.05) is 20.2 Å². The monoisotopic (exact) mass is 232 g/mol. The third kappa shape index (κ3) is 7.19. The molecule has 94 valence electrons. The molecular formula is C10H20N2O4. The summed E-state index contributed by atoms with van der Waals surface area (Å²) in [4.78, 5) is 21.5. The van der Waals surface area contributed by atoms with Gasteiger partial charge in [-0.15, -0.1) is 0 Å². The van der Waals surface area contributed by atoms with E-state index in [4.69, 9.17) is 15.6 Å². The average Bonchev–Trinajstić information content (AvgIpc) is 2.24. The Morgan fingerprint density at radius 2 is 2.06 bits per heavy atom. The maximum Gasteiger partial charge on any atom is 0.303 e. The number of ether oxygens (including phenoxy) is 1. The van der Waals surface area contributed by atoms with E-state index >= 15 is 0 Å². The summed E-state index contributed by atoms with van der Waals surface area (Å²) >= 11 is 0. The Hall–Kier alpha value is -1.14. The van der Waals surface area contributed by atoms with Gasteiger partial charge in [-0.05, 0) is 12.8 Å². The number of unbranched alkanes of at least 4 members (excludes halogenated alkanes) is 2. The standard InChI is InChI=1S/C10H20N2O4/c1-16-8(7-11)10(15)12-6-4-2-3-5-9(13)14/h8H,2-7,11H2,1H3,(H,12,15)(H,13,14). The molecular weight excluding hydrogens is 212 g/mol. The van der Waals surface area contributed by atoms with Crippen LogP contribution in [0, 0.1) is 0 Å². The topological polar surface area (TPSA) is 102 Å². The van der Waals surface area contributed by atoms with Gasteiger partial charge in [0, 0.05) is 26.6 Å². The minimum atomic E-state index is -0.786. The molecule has 0 saturated carbocycles. The lowest BCUT2D eigenvalue weighted by Crippen LogP contribution is -2.40. The highest BCUT2D eigenvalue weighted by atomic mass is 16.5. The van der Waals surface area contributed by atoms with Gasteiger partial charge in [0.05, 0.1) is 0 Å². The summed E-state index contributed by atoms with van der Waals surface area (Å²) in [5.74, 6) is -1.00. The van der Waals surface area contributed by atoms with Gasteiger partial charge < -0.3 is 20.9 Å². The SMILES string of the molecule is COC(CN)C(=O)NCCCCCC(=O)O. The molecule has 1 unspecified atom stereocenters. The second-order valence-corrected chi connectivity index (χ2v) is 3.46. The van der Waals surface area contributed by atoms with Crippen molar-refractivity contribution >= 4 is 11.9 Å². The van der Waals surface area contributed by atoms with E-state index in [0.29, 0.717) is 13.0 Å². The van der Waals surface area contributed by atoms with Crippen LogP contribution in [0.2, 0.25) is 0 Å². The molecule has 0 aromatic carbocycles. The Kier molecular flexibility index (Phi) is 8.46. The van der Waals surface area contributed by atoms with E-state index in [9.17, 15) is 9.59 Å². The number of nitrogens with one attached hydrogen (secondary N) is 1. The molecule has 0 aliphatic rings. The van der Waals surface area contributed by atoms with Crippen LogP contribution in [-0.4, -0.2) is 43.3 Å². The van der Waals surface area contributed by atoms with Gasteiger partial charge in [-0.3, -0.25) is 9.59 Å². The van der Waals surface area contributed by atoms with E-state index < -0.39 is 12.1 Å². The highest BCUT2D eigenvalue weighted by Crippen LogP contribution is 1.98. The van der Waals surface area contributed by atoms with Crippen molar-refractivity contribution in [3.8, 4) is 0 Å². The van der Waals surface area contributed by atoms with Crippen molar-refractivity contribution in [2.45, 2.75) is 31.8 Å². The van der Waals surface area contributed by atoms with E-state index in [0.717, 1.165) is 12.8 Å². The Labute approximate surface area is 95.1 Å². The number of rotatable bonds is 9. The van der Waals surface area contributed by atoms with Crippen molar-refractivity contribution in [2.24, 2.45) is 5.73 Å². The molecule has 0 spiro atoms. The van der Waals surface area contributed by atoms with Crippen LogP contribution in [0.15, 0.2) is 0 Å². The van der Waals surface area contributed by atoms with Crippen LogP contribution in [0.1, 0.15) is 25.7 Å². The Morgan fingerprint density at radius 1 is 1.38 bits per heavy atom. The number of aliphatic carboxylic acids is 1. The minimum absolute atomic E-state index is 0.154. The smallest absolute Gasteiger partial charge is 0.303 e. The number of amides is 1. The predicted octanol–water partition coefficient (Wildman–Crippen LogP) is -0.279. The fourth-order valence-corrected chi connectivity index (χ4v) is 1.21. The lowest BCUT2D eigenvalue weighted by molar-refractivity contribution is -0.137. The molecule has 0 aromatic rings. The number of hydrogen-bond donors (Lipinski definition) is 3. The zero-order valence-electron chi connectivity index (χ0n) is 9.57. The second kappa shape index (κ2) is 9.11. The summed E-state index contributed by atoms with van der Waals surface area (Å²) in [6.07, 6.45) is 1.76. The molecule has 16 heavy (non-hydrogen) atoms. The van der Waals surface area contributed by atoms with Crippen molar-refractivity contribution < 1.29 is 19.4 Å². The van der Waals surface area contributed by atoms with Gasteiger partial charge in [0.1, 0.15) is 6.10 Å². The lowest BCUT2D eigenvalue weighted by Gasteiger charge is -2.12. The predicted molar refractivity (Wildman–Crippen MR) is 59.0 cm³/mol. The van der Waals surface area contributed by atoms with E-state index in [1.807, 2.05) is 0 Å². The molecule has 0 fully saturated rings. The van der Waals surface area contributed by atoms with Crippen LogP contribution in [0.5, 0.6) is 0 Å². The summed E-state index contributed by atoms with van der Waals surface area (Å²) in [6.45, 7) is 0.680. The number of hydrogen-bond acceptors (Lipinski definition) is 4. The van der Waals surface area contributed by atoms with Gasteiger partial charge in [0.25, 0.3) is 0 Å². The van der Waals surface area contributed by atoms with Crippen LogP contribution in [0.25, 0.3) is 0 Å². The lowest BCUT2D eigenvalue weighted by atomic mass is 10.2. The largest absolute Gasteiger partial charge is 0.481 e. The normalized spacial score (nSPS) is 12.1. The number of methoxy groups -OCH3 is 1. The van der Waals surface area contributed by atoms with E-state index in [2.05, 4.69) is 5.32 Å². The van der Waals surface area contributed by atoms with Crippen molar-refractivity contribution in [3.63, 3.8) is 0 Å². The number of carboxylic acids is 1. The summed E-state index contributed by atoms with van der Waals surface area (Å²) in [6, 6.07) is 0. The third-order valence-corrected chi connectivity index (χ3v) is 2.16. The van der Waals surface area contributed by atoms with Gasteiger partial charge in [-0.25, -0.2) is 0 Å². The Morgan fingerprint density at radius 3 is 2.56 bits per heavy atom. The summed E-state index contributed by atoms with van der Waals surface area (Å²) in [5.41, 5.74) is 5.32. The number of nitrogens with two attached hydrogens (primary N) is 1. The van der Waals surface area contributed by atoms with Crippen LogP contribution >= 0.6 is 0 Å². The minimum Gasteiger partial charge on any atom is -0.481 e. The molecule has 4 N–H and O–H groups in total. The molecule has 0 saturated heterocycles. The molecule has 0 radical (unpaired) electrons. The third-order valence-electron chi connectivity index (χ3n) is 2.16. The van der Waals surface area contributed by atoms with Gasteiger partial charge in [-0.2, -0.15) is 0 Å². The van der Waals surface area contributed by atoms with Crippen molar-refractivity contribution in [1.82, 2.24) is 5.32 Å². The summed E-state index contributed by atoms with van der Waals surface area (Å²) in [7, 11) is 1.43. The van der Waals surface area contributed by atoms with Crippen molar-refractivity contribution in [3.05, 3.63) is 0 Å². The van der Waals surface area contributed by atoms with E-state index in [-0.39, 0.29) is 18.9 Å². The van der Waals surface area contributed by atoms with Crippen LogP contribution in [0.3, 0.4) is 0 Å². The van der Waals surface area contributed by atoms with E-state index in [1.165, 1.54) is 7.11 Å². The molecule has 0 rings (SSSR count). The fourth-order valence-electron chi connectivity index (χ4n) is 1.21. The second-order valence-electron chi connectivity index (χ2n) is 3.46. The van der Waals surface area contributed by atoms with Gasteiger partial charge in [0.2, 0.25) is 5.91 Å². The van der Waals surface area contributed by atoms with Gasteiger partial charge in [0.15, 0.2) is 0 Å². The number of carbonyl (C=O) groups is 2. The molecule has 6 heteroatoms. The highest BCUT2D eigenvalue weighted by Gasteiger charge is 2.14. The first kappa shape index (κ1) is 14.9. The summed E-state index contributed by atoms with van der Waals surface area (Å²) < 4.78 is 4.86. The average molecular weight is 232 g/mol. The first-order valence-corrected chi connectivity index (χ1v) is 5.34. The first-order chi connectivity index (χ1) is 7.61. The molecule has 0 aliphatic carbocycles.